The Labute approximate surface area is 116 Å². The van der Waals surface area contributed by atoms with Gasteiger partial charge in [-0.2, -0.15) is 0 Å². The minimum atomic E-state index is -0.939. The summed E-state index contributed by atoms with van der Waals surface area (Å²) in [6.07, 6.45) is 3.54. The Morgan fingerprint density at radius 3 is 2.70 bits per heavy atom. The van der Waals surface area contributed by atoms with Crippen LogP contribution in [0.1, 0.15) is 36.0 Å². The number of carbonyl (C=O) groups excluding carboxylic acids is 1. The third kappa shape index (κ3) is 3.07. The number of rotatable bonds is 3. The van der Waals surface area contributed by atoms with Gasteiger partial charge in [-0.1, -0.05) is 12.8 Å². The maximum Gasteiger partial charge on any atom is 0.254 e. The number of hydrogen-bond acceptors (Lipinski definition) is 3. The van der Waals surface area contributed by atoms with Gasteiger partial charge in [-0.05, 0) is 18.9 Å². The van der Waals surface area contributed by atoms with Crippen molar-refractivity contribution in [3.8, 4) is 0 Å². The van der Waals surface area contributed by atoms with Crippen LogP contribution in [-0.4, -0.2) is 23.7 Å². The van der Waals surface area contributed by atoms with E-state index in [1.807, 2.05) is 0 Å². The first kappa shape index (κ1) is 14.7. The molecule has 110 valence electrons. The highest BCUT2D eigenvalue weighted by Gasteiger charge is 2.27. The molecule has 1 amide bonds. The van der Waals surface area contributed by atoms with Gasteiger partial charge in [-0.3, -0.25) is 4.79 Å². The van der Waals surface area contributed by atoms with E-state index in [1.165, 1.54) is 0 Å². The molecule has 6 heteroatoms. The highest BCUT2D eigenvalue weighted by atomic mass is 19.1. The Hall–Kier alpha value is -1.69. The first-order valence-corrected chi connectivity index (χ1v) is 6.69. The molecule has 0 bridgehead atoms. The Kier molecular flexibility index (Phi) is 4.54. The molecule has 2 atom stereocenters. The van der Waals surface area contributed by atoms with Gasteiger partial charge >= 0.3 is 0 Å². The fourth-order valence-electron chi connectivity index (χ4n) is 2.60. The number of nitrogen functional groups attached to an aromatic ring is 1. The molecule has 1 aliphatic rings. The van der Waals surface area contributed by atoms with Crippen LogP contribution >= 0.6 is 0 Å². The van der Waals surface area contributed by atoms with Crippen LogP contribution in [0.5, 0.6) is 0 Å². The molecule has 0 spiro atoms. The predicted octanol–water partition coefficient (Wildman–Crippen LogP) is 1.83. The third-order valence-electron chi connectivity index (χ3n) is 3.79. The minimum absolute atomic E-state index is 0.0149. The number of amides is 1. The second kappa shape index (κ2) is 6.17. The number of aliphatic hydroxyl groups is 1. The molecule has 0 heterocycles. The lowest BCUT2D eigenvalue weighted by Crippen LogP contribution is -2.43. The summed E-state index contributed by atoms with van der Waals surface area (Å²) in [5, 5.41) is 12.0. The van der Waals surface area contributed by atoms with Gasteiger partial charge in [0.05, 0.1) is 11.3 Å². The summed E-state index contributed by atoms with van der Waals surface area (Å²) in [7, 11) is 0. The van der Waals surface area contributed by atoms with E-state index in [0.29, 0.717) is 6.07 Å². The van der Waals surface area contributed by atoms with Gasteiger partial charge in [0.2, 0.25) is 0 Å². The standard InChI is InChI=1S/C14H18F2N2O2/c15-10-6-11(16)12(17)5-9(10)14(20)18-13-4-2-1-3-8(13)7-19/h5-6,8,13,19H,1-4,7,17H2,(H,18,20). The van der Waals surface area contributed by atoms with Gasteiger partial charge < -0.3 is 16.2 Å². The van der Waals surface area contributed by atoms with Crippen LogP contribution in [0.25, 0.3) is 0 Å². The van der Waals surface area contributed by atoms with Crippen LogP contribution in [0.15, 0.2) is 12.1 Å². The average Bonchev–Trinajstić information content (AvgIpc) is 2.43. The molecule has 20 heavy (non-hydrogen) atoms. The molecule has 2 unspecified atom stereocenters. The van der Waals surface area contributed by atoms with Crippen molar-refractivity contribution in [1.82, 2.24) is 5.32 Å². The maximum absolute atomic E-state index is 13.6. The molecular formula is C14H18F2N2O2. The molecule has 0 saturated heterocycles. The predicted molar refractivity (Wildman–Crippen MR) is 71.1 cm³/mol. The summed E-state index contributed by atoms with van der Waals surface area (Å²) in [5.41, 5.74) is 4.82. The summed E-state index contributed by atoms with van der Waals surface area (Å²) in [5.74, 6) is -2.47. The first-order valence-electron chi connectivity index (χ1n) is 6.69. The smallest absolute Gasteiger partial charge is 0.254 e. The minimum Gasteiger partial charge on any atom is -0.396 e. The van der Waals surface area contributed by atoms with Crippen molar-refractivity contribution in [1.29, 1.82) is 0 Å². The van der Waals surface area contributed by atoms with Gasteiger partial charge in [-0.15, -0.1) is 0 Å². The van der Waals surface area contributed by atoms with E-state index < -0.39 is 17.5 Å². The molecular weight excluding hydrogens is 266 g/mol. The van der Waals surface area contributed by atoms with Crippen LogP contribution in [0.2, 0.25) is 0 Å². The quantitative estimate of drug-likeness (QED) is 0.741. The Balaban J connectivity index is 2.13. The number of carbonyl (C=O) groups is 1. The monoisotopic (exact) mass is 284 g/mol. The fraction of sp³-hybridized carbons (Fsp3) is 0.500. The van der Waals surface area contributed by atoms with E-state index in [2.05, 4.69) is 5.32 Å². The van der Waals surface area contributed by atoms with Crippen molar-refractivity contribution in [2.45, 2.75) is 31.7 Å². The van der Waals surface area contributed by atoms with Crippen molar-refractivity contribution in [3.05, 3.63) is 29.3 Å². The molecule has 1 fully saturated rings. The average molecular weight is 284 g/mol. The second-order valence-electron chi connectivity index (χ2n) is 5.16. The van der Waals surface area contributed by atoms with Gasteiger partial charge in [0, 0.05) is 24.6 Å². The summed E-state index contributed by atoms with van der Waals surface area (Å²) in [4.78, 5) is 12.0. The van der Waals surface area contributed by atoms with Crippen LogP contribution in [0.4, 0.5) is 14.5 Å². The Bertz CT molecular complexity index is 508. The number of anilines is 1. The molecule has 4 nitrogen and oxygen atoms in total. The summed E-state index contributed by atoms with van der Waals surface area (Å²) < 4.78 is 26.7. The lowest BCUT2D eigenvalue weighted by molar-refractivity contribution is 0.0868. The third-order valence-corrected chi connectivity index (χ3v) is 3.79. The number of benzene rings is 1. The topological polar surface area (TPSA) is 75.4 Å². The van der Waals surface area contributed by atoms with E-state index in [0.717, 1.165) is 31.7 Å². The highest BCUT2D eigenvalue weighted by Crippen LogP contribution is 2.25. The Morgan fingerprint density at radius 2 is 2.00 bits per heavy atom. The van der Waals surface area contributed by atoms with Crippen LogP contribution in [0, 0.1) is 17.6 Å². The molecule has 0 aliphatic heterocycles. The normalized spacial score (nSPS) is 22.6. The van der Waals surface area contributed by atoms with E-state index >= 15 is 0 Å². The highest BCUT2D eigenvalue weighted by molar-refractivity contribution is 5.95. The van der Waals surface area contributed by atoms with Crippen molar-refractivity contribution >= 4 is 11.6 Å². The molecule has 0 radical (unpaired) electrons. The number of hydrogen-bond donors (Lipinski definition) is 3. The van der Waals surface area contributed by atoms with E-state index in [1.54, 1.807) is 0 Å². The fourth-order valence-corrected chi connectivity index (χ4v) is 2.60. The van der Waals surface area contributed by atoms with E-state index in [-0.39, 0.29) is 29.8 Å². The molecule has 1 saturated carbocycles. The van der Waals surface area contributed by atoms with Gasteiger partial charge in [0.25, 0.3) is 5.91 Å². The SMILES string of the molecule is Nc1cc(C(=O)NC2CCCCC2CO)c(F)cc1F. The molecule has 4 N–H and O–H groups in total. The van der Waals surface area contributed by atoms with E-state index in [4.69, 9.17) is 5.73 Å². The summed E-state index contributed by atoms with van der Waals surface area (Å²) in [6, 6.07) is 1.41. The maximum atomic E-state index is 13.6. The summed E-state index contributed by atoms with van der Waals surface area (Å²) >= 11 is 0. The van der Waals surface area contributed by atoms with Crippen LogP contribution < -0.4 is 11.1 Å². The van der Waals surface area contributed by atoms with Crippen LogP contribution in [-0.2, 0) is 0 Å². The van der Waals surface area contributed by atoms with Gasteiger partial charge in [0.15, 0.2) is 0 Å². The number of nitrogens with two attached hydrogens (primary N) is 1. The molecule has 1 aromatic carbocycles. The molecule has 0 aromatic heterocycles. The molecule has 2 rings (SSSR count). The first-order chi connectivity index (χ1) is 9.52. The summed E-state index contributed by atoms with van der Waals surface area (Å²) in [6.45, 7) is -0.0149. The zero-order valence-corrected chi connectivity index (χ0v) is 11.0. The number of nitrogens with one attached hydrogen (secondary N) is 1. The number of aliphatic hydroxyl groups excluding tert-OH is 1. The zero-order chi connectivity index (χ0) is 14.7. The van der Waals surface area contributed by atoms with Gasteiger partial charge in [0.1, 0.15) is 11.6 Å². The van der Waals surface area contributed by atoms with Crippen molar-refractivity contribution in [3.63, 3.8) is 0 Å². The van der Waals surface area contributed by atoms with Gasteiger partial charge in [-0.25, -0.2) is 8.78 Å². The largest absolute Gasteiger partial charge is 0.396 e. The molecule has 1 aliphatic carbocycles. The van der Waals surface area contributed by atoms with Crippen LogP contribution in [0.3, 0.4) is 0 Å². The Morgan fingerprint density at radius 1 is 1.30 bits per heavy atom. The van der Waals surface area contributed by atoms with Crippen molar-refractivity contribution in [2.75, 3.05) is 12.3 Å². The zero-order valence-electron chi connectivity index (χ0n) is 11.0. The van der Waals surface area contributed by atoms with Crippen molar-refractivity contribution in [2.24, 2.45) is 5.92 Å². The molecule has 1 aromatic rings. The second-order valence-corrected chi connectivity index (χ2v) is 5.16. The van der Waals surface area contributed by atoms with E-state index in [9.17, 15) is 18.7 Å². The lowest BCUT2D eigenvalue weighted by atomic mass is 9.85. The van der Waals surface area contributed by atoms with Crippen molar-refractivity contribution < 1.29 is 18.7 Å². The lowest BCUT2D eigenvalue weighted by Gasteiger charge is -2.30. The number of halogens is 2.